The number of nitrogens with one attached hydrogen (secondary N) is 1. The Bertz CT molecular complexity index is 1010. The molecule has 0 aliphatic heterocycles. The highest BCUT2D eigenvalue weighted by molar-refractivity contribution is 5.93. The second-order valence-corrected chi connectivity index (χ2v) is 7.69. The van der Waals surface area contributed by atoms with E-state index >= 15 is 0 Å². The normalized spacial score (nSPS) is 11.5. The Balaban J connectivity index is 1.78. The number of aromatic nitrogens is 4. The largest absolute Gasteiger partial charge is 0.356 e. The Labute approximate surface area is 166 Å². The predicted molar refractivity (Wildman–Crippen MR) is 113 cm³/mol. The zero-order chi connectivity index (χ0) is 20.3. The summed E-state index contributed by atoms with van der Waals surface area (Å²) in [5, 5.41) is 8.72. The molecule has 3 heterocycles. The number of carbonyl (C=O) groups is 1. The second-order valence-electron chi connectivity index (χ2n) is 7.69. The number of pyridine rings is 1. The van der Waals surface area contributed by atoms with Crippen molar-refractivity contribution in [2.24, 2.45) is 0 Å². The molecule has 1 N–H and O–H groups in total. The number of hydrogen-bond acceptors (Lipinski definition) is 4. The van der Waals surface area contributed by atoms with Gasteiger partial charge in [0.15, 0.2) is 11.3 Å². The maximum absolute atomic E-state index is 12.2. The minimum atomic E-state index is 0.106. The monoisotopic (exact) mass is 381 g/mol. The fourth-order valence-electron chi connectivity index (χ4n) is 3.84. The first-order valence-electron chi connectivity index (χ1n) is 10.3. The summed E-state index contributed by atoms with van der Waals surface area (Å²) >= 11 is 0. The Hall–Kier alpha value is -2.50. The van der Waals surface area contributed by atoms with Crippen LogP contribution in [0.2, 0.25) is 0 Å². The van der Waals surface area contributed by atoms with Crippen LogP contribution in [0, 0.1) is 27.7 Å². The summed E-state index contributed by atoms with van der Waals surface area (Å²) in [4.78, 5) is 21.6. The molecule has 28 heavy (non-hydrogen) atoms. The summed E-state index contributed by atoms with van der Waals surface area (Å²) in [6, 6.07) is 2.06. The summed E-state index contributed by atoms with van der Waals surface area (Å²) in [7, 11) is 0. The summed E-state index contributed by atoms with van der Waals surface area (Å²) in [5.74, 6) is 0.106. The smallest absolute Gasteiger partial charge is 0.220 e. The van der Waals surface area contributed by atoms with E-state index in [-0.39, 0.29) is 5.91 Å². The van der Waals surface area contributed by atoms with Crippen molar-refractivity contribution in [2.75, 3.05) is 6.54 Å². The number of carbonyl (C=O) groups excluding carboxylic acids is 1. The number of fused-ring (bicyclic) bond motifs is 3. The van der Waals surface area contributed by atoms with E-state index in [4.69, 9.17) is 4.98 Å². The Morgan fingerprint density at radius 2 is 1.89 bits per heavy atom. The van der Waals surface area contributed by atoms with Crippen LogP contribution in [0.1, 0.15) is 67.2 Å². The SMILES string of the molecule is CCCCCCNC(=O)CCc1c(C)nc2c3c(C)cc(C)nc3nn2c1C. The number of nitrogens with zero attached hydrogens (tertiary/aromatic N) is 4. The quantitative estimate of drug-likeness (QED) is 0.595. The van der Waals surface area contributed by atoms with Crippen LogP contribution in [0.5, 0.6) is 0 Å². The molecule has 0 fully saturated rings. The van der Waals surface area contributed by atoms with Gasteiger partial charge in [-0.15, -0.1) is 5.10 Å². The first-order valence-corrected chi connectivity index (χ1v) is 10.3. The highest BCUT2D eigenvalue weighted by Gasteiger charge is 2.17. The molecule has 6 heteroatoms. The average molecular weight is 382 g/mol. The van der Waals surface area contributed by atoms with E-state index in [1.807, 2.05) is 25.3 Å². The molecule has 150 valence electrons. The van der Waals surface area contributed by atoms with Crippen LogP contribution in [0.25, 0.3) is 16.7 Å². The molecule has 3 aromatic heterocycles. The lowest BCUT2D eigenvalue weighted by molar-refractivity contribution is -0.121. The zero-order valence-corrected chi connectivity index (χ0v) is 17.7. The van der Waals surface area contributed by atoms with Gasteiger partial charge in [-0.2, -0.15) is 0 Å². The van der Waals surface area contributed by atoms with Gasteiger partial charge >= 0.3 is 0 Å². The van der Waals surface area contributed by atoms with Crippen molar-refractivity contribution in [1.29, 1.82) is 0 Å². The summed E-state index contributed by atoms with van der Waals surface area (Å²) < 4.78 is 1.88. The molecular weight excluding hydrogens is 350 g/mol. The maximum Gasteiger partial charge on any atom is 0.220 e. The van der Waals surface area contributed by atoms with Gasteiger partial charge in [0.2, 0.25) is 5.91 Å². The maximum atomic E-state index is 12.2. The predicted octanol–water partition coefficient (Wildman–Crippen LogP) is 4.14. The molecule has 0 bridgehead atoms. The molecule has 0 saturated heterocycles. The standard InChI is InChI=1S/C22H31N5O/c1-6-7-8-9-12-23-19(28)11-10-18-16(4)25-22-20-14(2)13-15(3)24-21(20)26-27(22)17(18)5/h13H,6-12H2,1-5H3,(H,23,28). The lowest BCUT2D eigenvalue weighted by atomic mass is 10.1. The first-order chi connectivity index (χ1) is 13.4. The van der Waals surface area contributed by atoms with Gasteiger partial charge in [-0.3, -0.25) is 4.79 Å². The van der Waals surface area contributed by atoms with Gasteiger partial charge in [0, 0.05) is 30.0 Å². The summed E-state index contributed by atoms with van der Waals surface area (Å²) in [6.45, 7) is 11.1. The Morgan fingerprint density at radius 3 is 2.64 bits per heavy atom. The highest BCUT2D eigenvalue weighted by Crippen LogP contribution is 2.25. The van der Waals surface area contributed by atoms with Gasteiger partial charge in [0.25, 0.3) is 0 Å². The minimum absolute atomic E-state index is 0.106. The summed E-state index contributed by atoms with van der Waals surface area (Å²) in [6.07, 6.45) is 5.81. The molecule has 0 atom stereocenters. The van der Waals surface area contributed by atoms with Gasteiger partial charge in [0.1, 0.15) is 0 Å². The van der Waals surface area contributed by atoms with Crippen LogP contribution < -0.4 is 5.32 Å². The third-order valence-electron chi connectivity index (χ3n) is 5.36. The van der Waals surface area contributed by atoms with E-state index < -0.39 is 0 Å². The van der Waals surface area contributed by atoms with Crippen molar-refractivity contribution in [3.63, 3.8) is 0 Å². The van der Waals surface area contributed by atoms with E-state index in [2.05, 4.69) is 35.3 Å². The average Bonchev–Trinajstić information content (AvgIpc) is 3.00. The lowest BCUT2D eigenvalue weighted by Crippen LogP contribution is -2.25. The number of rotatable bonds is 8. The molecule has 0 spiro atoms. The number of amides is 1. The summed E-state index contributed by atoms with van der Waals surface area (Å²) in [5.41, 5.74) is 6.76. The second kappa shape index (κ2) is 8.67. The number of aryl methyl sites for hydroxylation is 4. The third kappa shape index (κ3) is 4.16. The van der Waals surface area contributed by atoms with Crippen molar-refractivity contribution in [1.82, 2.24) is 24.9 Å². The van der Waals surface area contributed by atoms with Crippen LogP contribution in [0.3, 0.4) is 0 Å². The van der Waals surface area contributed by atoms with Crippen LogP contribution in [0.15, 0.2) is 6.07 Å². The molecule has 0 aliphatic rings. The molecule has 1 amide bonds. The van der Waals surface area contributed by atoms with Crippen molar-refractivity contribution >= 4 is 22.6 Å². The van der Waals surface area contributed by atoms with E-state index in [0.29, 0.717) is 12.8 Å². The van der Waals surface area contributed by atoms with Gasteiger partial charge in [-0.1, -0.05) is 26.2 Å². The first kappa shape index (κ1) is 20.2. The number of unbranched alkanes of at least 4 members (excludes halogenated alkanes) is 3. The number of hydrogen-bond donors (Lipinski definition) is 1. The van der Waals surface area contributed by atoms with Crippen LogP contribution in [-0.2, 0) is 11.2 Å². The molecule has 0 unspecified atom stereocenters. The topological polar surface area (TPSA) is 72.2 Å². The molecule has 6 nitrogen and oxygen atoms in total. The van der Waals surface area contributed by atoms with Crippen molar-refractivity contribution in [2.45, 2.75) is 73.1 Å². The van der Waals surface area contributed by atoms with Crippen LogP contribution in [0.4, 0.5) is 0 Å². The molecule has 0 aliphatic carbocycles. The van der Waals surface area contributed by atoms with E-state index in [1.54, 1.807) is 0 Å². The van der Waals surface area contributed by atoms with Crippen molar-refractivity contribution < 1.29 is 4.79 Å². The Kier molecular flexibility index (Phi) is 6.27. The van der Waals surface area contributed by atoms with E-state index in [1.165, 1.54) is 19.3 Å². The van der Waals surface area contributed by atoms with E-state index in [0.717, 1.165) is 57.9 Å². The van der Waals surface area contributed by atoms with Gasteiger partial charge in [-0.25, -0.2) is 14.5 Å². The van der Waals surface area contributed by atoms with Gasteiger partial charge in [-0.05, 0) is 57.7 Å². The molecule has 0 aromatic carbocycles. The van der Waals surface area contributed by atoms with Crippen molar-refractivity contribution in [3.8, 4) is 0 Å². The van der Waals surface area contributed by atoms with Gasteiger partial charge in [0.05, 0.1) is 5.39 Å². The molecule has 3 rings (SSSR count). The molecule has 3 aromatic rings. The Morgan fingerprint density at radius 1 is 1.11 bits per heavy atom. The van der Waals surface area contributed by atoms with Crippen LogP contribution in [-0.4, -0.2) is 32.0 Å². The van der Waals surface area contributed by atoms with Crippen LogP contribution >= 0.6 is 0 Å². The molecule has 0 radical (unpaired) electrons. The van der Waals surface area contributed by atoms with E-state index in [9.17, 15) is 4.79 Å². The zero-order valence-electron chi connectivity index (χ0n) is 17.7. The highest BCUT2D eigenvalue weighted by atomic mass is 16.1. The molecular formula is C22H31N5O. The lowest BCUT2D eigenvalue weighted by Gasteiger charge is -2.11. The third-order valence-corrected chi connectivity index (χ3v) is 5.36. The fraction of sp³-hybridized carbons (Fsp3) is 0.545. The molecule has 0 saturated carbocycles. The minimum Gasteiger partial charge on any atom is -0.356 e. The van der Waals surface area contributed by atoms with Gasteiger partial charge < -0.3 is 5.32 Å². The fourth-order valence-corrected chi connectivity index (χ4v) is 3.84. The van der Waals surface area contributed by atoms with Crippen molar-refractivity contribution in [3.05, 3.63) is 34.3 Å².